The van der Waals surface area contributed by atoms with E-state index in [4.69, 9.17) is 5.73 Å². The van der Waals surface area contributed by atoms with Crippen molar-refractivity contribution in [1.29, 1.82) is 0 Å². The monoisotopic (exact) mass is 431 g/mol. The molecule has 0 unspecified atom stereocenters. The highest BCUT2D eigenvalue weighted by Crippen LogP contribution is 2.27. The molecular formula is C20H34ClN3O3S. The summed E-state index contributed by atoms with van der Waals surface area (Å²) in [4.78, 5) is 14.8. The number of amides is 1. The normalized spacial score (nSPS) is 16.5. The Hall–Kier alpha value is -1.15. The van der Waals surface area contributed by atoms with Crippen LogP contribution in [0.3, 0.4) is 0 Å². The first-order chi connectivity index (χ1) is 12.5. The van der Waals surface area contributed by atoms with Gasteiger partial charge in [-0.3, -0.25) is 4.79 Å². The molecule has 2 rings (SSSR count). The molecule has 0 aliphatic carbocycles. The van der Waals surface area contributed by atoms with Crippen LogP contribution in [0.15, 0.2) is 23.1 Å². The van der Waals surface area contributed by atoms with Crippen molar-refractivity contribution < 1.29 is 13.2 Å². The van der Waals surface area contributed by atoms with E-state index in [2.05, 4.69) is 0 Å². The Labute approximate surface area is 175 Å². The van der Waals surface area contributed by atoms with E-state index >= 15 is 0 Å². The highest BCUT2D eigenvalue weighted by molar-refractivity contribution is 7.89. The lowest BCUT2D eigenvalue weighted by molar-refractivity contribution is -0.136. The number of nitrogens with zero attached hydrogens (tertiary/aromatic N) is 2. The van der Waals surface area contributed by atoms with E-state index in [0.29, 0.717) is 43.9 Å². The topological polar surface area (TPSA) is 83.7 Å². The van der Waals surface area contributed by atoms with E-state index in [-0.39, 0.29) is 29.6 Å². The molecule has 0 spiro atoms. The van der Waals surface area contributed by atoms with Gasteiger partial charge in [0.1, 0.15) is 0 Å². The molecule has 1 aliphatic rings. The highest BCUT2D eigenvalue weighted by atomic mass is 35.5. The van der Waals surface area contributed by atoms with Crippen LogP contribution < -0.4 is 5.73 Å². The number of piperidine rings is 1. The van der Waals surface area contributed by atoms with Gasteiger partial charge in [0.05, 0.1) is 4.90 Å². The predicted octanol–water partition coefficient (Wildman–Crippen LogP) is 2.57. The first-order valence-corrected chi connectivity index (χ1v) is 10.9. The second-order valence-corrected chi connectivity index (χ2v) is 10.4. The molecule has 1 aliphatic heterocycles. The minimum atomic E-state index is -3.52. The smallest absolute Gasteiger partial charge is 0.243 e. The summed E-state index contributed by atoms with van der Waals surface area (Å²) in [6.07, 6.45) is 1.10. The maximum Gasteiger partial charge on any atom is 0.243 e. The number of sulfonamides is 1. The predicted molar refractivity (Wildman–Crippen MR) is 115 cm³/mol. The summed E-state index contributed by atoms with van der Waals surface area (Å²) in [5.74, 6) is -0.0470. The minimum absolute atomic E-state index is 0. The zero-order chi connectivity index (χ0) is 20.4. The van der Waals surface area contributed by atoms with Gasteiger partial charge in [0.25, 0.3) is 0 Å². The minimum Gasteiger partial charge on any atom is -0.345 e. The Morgan fingerprint density at radius 2 is 1.82 bits per heavy atom. The quantitative estimate of drug-likeness (QED) is 0.750. The lowest BCUT2D eigenvalue weighted by Gasteiger charge is -2.35. The summed E-state index contributed by atoms with van der Waals surface area (Å²) in [5, 5.41) is 0. The van der Waals surface area contributed by atoms with Crippen molar-refractivity contribution in [3.05, 3.63) is 29.3 Å². The fourth-order valence-electron chi connectivity index (χ4n) is 3.67. The van der Waals surface area contributed by atoms with Gasteiger partial charge < -0.3 is 10.6 Å². The molecule has 0 saturated carbocycles. The zero-order valence-corrected chi connectivity index (χ0v) is 19.2. The van der Waals surface area contributed by atoms with Gasteiger partial charge in [0, 0.05) is 32.6 Å². The van der Waals surface area contributed by atoms with Gasteiger partial charge in [-0.15, -0.1) is 12.4 Å². The van der Waals surface area contributed by atoms with Crippen molar-refractivity contribution in [2.45, 2.75) is 45.4 Å². The molecule has 8 heteroatoms. The van der Waals surface area contributed by atoms with E-state index in [9.17, 15) is 13.2 Å². The van der Waals surface area contributed by atoms with Gasteiger partial charge in [-0.25, -0.2) is 8.42 Å². The number of halogens is 1. The highest BCUT2D eigenvalue weighted by Gasteiger charge is 2.34. The summed E-state index contributed by atoms with van der Waals surface area (Å²) < 4.78 is 27.5. The van der Waals surface area contributed by atoms with Gasteiger partial charge >= 0.3 is 0 Å². The second kappa shape index (κ2) is 9.57. The first-order valence-electron chi connectivity index (χ1n) is 9.50. The van der Waals surface area contributed by atoms with E-state index in [1.54, 1.807) is 18.0 Å². The van der Waals surface area contributed by atoms with Gasteiger partial charge in [-0.05, 0) is 50.3 Å². The molecule has 1 aromatic rings. The summed E-state index contributed by atoms with van der Waals surface area (Å²) in [6, 6.07) is 5.39. The lowest BCUT2D eigenvalue weighted by Crippen LogP contribution is -2.46. The molecule has 0 bridgehead atoms. The summed E-state index contributed by atoms with van der Waals surface area (Å²) in [7, 11) is -1.72. The number of aryl methyl sites for hydroxylation is 2. The second-order valence-electron chi connectivity index (χ2n) is 8.51. The number of hydrogen-bond donors (Lipinski definition) is 1. The molecule has 2 N–H and O–H groups in total. The molecule has 28 heavy (non-hydrogen) atoms. The molecule has 1 fully saturated rings. The lowest BCUT2D eigenvalue weighted by atomic mass is 9.91. The van der Waals surface area contributed by atoms with Crippen LogP contribution in [0.25, 0.3) is 0 Å². The number of nitrogens with two attached hydrogens (primary N) is 1. The summed E-state index contributed by atoms with van der Waals surface area (Å²) in [6.45, 7) is 9.71. The number of rotatable bonds is 6. The Morgan fingerprint density at radius 1 is 1.25 bits per heavy atom. The zero-order valence-electron chi connectivity index (χ0n) is 17.6. The van der Waals surface area contributed by atoms with Crippen LogP contribution in [-0.2, 0) is 14.8 Å². The fraction of sp³-hybridized carbons (Fsp3) is 0.650. The van der Waals surface area contributed by atoms with Gasteiger partial charge in [0.15, 0.2) is 0 Å². The van der Waals surface area contributed by atoms with Crippen molar-refractivity contribution in [1.82, 2.24) is 9.21 Å². The molecule has 1 saturated heterocycles. The molecule has 1 amide bonds. The molecule has 0 radical (unpaired) electrons. The van der Waals surface area contributed by atoms with Crippen molar-refractivity contribution in [3.63, 3.8) is 0 Å². The number of carbonyl (C=O) groups is 1. The van der Waals surface area contributed by atoms with Gasteiger partial charge in [0.2, 0.25) is 15.9 Å². The van der Waals surface area contributed by atoms with Gasteiger partial charge in [-0.2, -0.15) is 4.31 Å². The standard InChI is InChI=1S/C20H33N3O3S.ClH/c1-15-6-7-18(16(2)12-15)27(25,26)23-10-8-17(9-11-23)19(24)22(5)14-20(3,4)13-21;/h6-7,12,17H,8-11,13-14,21H2,1-5H3;1H. The maximum absolute atomic E-state index is 13.0. The van der Waals surface area contributed by atoms with E-state index in [1.807, 2.05) is 39.8 Å². The Balaban J connectivity index is 0.00000392. The molecule has 1 heterocycles. The average Bonchev–Trinajstić information content (AvgIpc) is 2.60. The number of benzene rings is 1. The van der Waals surface area contributed by atoms with Crippen LogP contribution >= 0.6 is 12.4 Å². The van der Waals surface area contributed by atoms with Crippen molar-refractivity contribution in [2.75, 3.05) is 33.2 Å². The molecule has 1 aromatic carbocycles. The van der Waals surface area contributed by atoms with Crippen LogP contribution in [0.4, 0.5) is 0 Å². The SMILES string of the molecule is Cc1ccc(S(=O)(=O)N2CCC(C(=O)N(C)CC(C)(C)CN)CC2)c(C)c1.Cl. The van der Waals surface area contributed by atoms with Crippen molar-refractivity contribution in [2.24, 2.45) is 17.1 Å². The average molecular weight is 432 g/mol. The number of hydrogen-bond acceptors (Lipinski definition) is 4. The number of carbonyl (C=O) groups excluding carboxylic acids is 1. The van der Waals surface area contributed by atoms with Crippen molar-refractivity contribution in [3.8, 4) is 0 Å². The van der Waals surface area contributed by atoms with Gasteiger partial charge in [-0.1, -0.05) is 31.5 Å². The van der Waals surface area contributed by atoms with E-state index in [1.165, 1.54) is 4.31 Å². The van der Waals surface area contributed by atoms with Crippen LogP contribution in [0, 0.1) is 25.2 Å². The molecular weight excluding hydrogens is 398 g/mol. The van der Waals surface area contributed by atoms with Crippen LogP contribution in [0.2, 0.25) is 0 Å². The first kappa shape index (κ1) is 24.9. The largest absolute Gasteiger partial charge is 0.345 e. The van der Waals surface area contributed by atoms with E-state index in [0.717, 1.165) is 11.1 Å². The maximum atomic E-state index is 13.0. The Bertz CT molecular complexity index is 788. The summed E-state index contributed by atoms with van der Waals surface area (Å²) in [5.41, 5.74) is 7.44. The molecule has 160 valence electrons. The molecule has 6 nitrogen and oxygen atoms in total. The molecule has 0 atom stereocenters. The van der Waals surface area contributed by atoms with Crippen LogP contribution in [0.1, 0.15) is 37.8 Å². The summed E-state index contributed by atoms with van der Waals surface area (Å²) >= 11 is 0. The third-order valence-corrected chi connectivity index (χ3v) is 7.40. The van der Waals surface area contributed by atoms with Crippen molar-refractivity contribution >= 4 is 28.3 Å². The fourth-order valence-corrected chi connectivity index (χ4v) is 5.34. The third kappa shape index (κ3) is 5.69. The van der Waals surface area contributed by atoms with Crippen LogP contribution in [-0.4, -0.2) is 56.8 Å². The van der Waals surface area contributed by atoms with E-state index < -0.39 is 10.0 Å². The molecule has 0 aromatic heterocycles. The third-order valence-electron chi connectivity index (χ3n) is 5.35. The van der Waals surface area contributed by atoms with Crippen LogP contribution in [0.5, 0.6) is 0 Å². The Morgan fingerprint density at radius 3 is 2.32 bits per heavy atom. The Kier molecular flexibility index (Phi) is 8.50.